The van der Waals surface area contributed by atoms with E-state index >= 15 is 0 Å². The molecule has 1 aliphatic carbocycles. The van der Waals surface area contributed by atoms with Crippen LogP contribution in [-0.2, 0) is 11.3 Å². The van der Waals surface area contributed by atoms with Crippen LogP contribution in [0, 0.1) is 0 Å². The summed E-state index contributed by atoms with van der Waals surface area (Å²) in [7, 11) is 0. The van der Waals surface area contributed by atoms with Gasteiger partial charge in [-0.3, -0.25) is 0 Å². The topological polar surface area (TPSA) is 81.8 Å². The van der Waals surface area contributed by atoms with E-state index in [1.807, 2.05) is 30.3 Å². The number of carbonyl (C=O) groups is 1. The predicted octanol–water partition coefficient (Wildman–Crippen LogP) is 8.01. The molecule has 0 spiro atoms. The lowest BCUT2D eigenvalue weighted by molar-refractivity contribution is -0.130. The molecule has 8 heteroatoms. The van der Waals surface area contributed by atoms with Crippen molar-refractivity contribution in [2.45, 2.75) is 44.0 Å². The number of carboxylic acid groups (broad SMARTS) is 1. The number of nitrogens with zero attached hydrogens (tertiary/aromatic N) is 1. The van der Waals surface area contributed by atoms with Crippen LogP contribution in [0.25, 0.3) is 11.3 Å². The van der Waals surface area contributed by atoms with Crippen molar-refractivity contribution in [2.24, 2.45) is 0 Å². The molecule has 4 aromatic rings. The van der Waals surface area contributed by atoms with Gasteiger partial charge in [0.05, 0.1) is 33.4 Å². The lowest BCUT2D eigenvalue weighted by Crippen LogP contribution is -2.23. The SMILES string of the molecule is O=C(O)c1cccc([C@@H]2C[C@H](c3ccc(OCc4c(-c5c(Cl)cccc5Cl)noc4C4CC4)cc3)O2)c1. The summed E-state index contributed by atoms with van der Waals surface area (Å²) in [6, 6.07) is 20.1. The van der Waals surface area contributed by atoms with Gasteiger partial charge in [0.1, 0.15) is 23.8 Å². The Morgan fingerprint density at radius 1 is 0.973 bits per heavy atom. The first-order chi connectivity index (χ1) is 18.0. The van der Waals surface area contributed by atoms with Crippen LogP contribution in [0.5, 0.6) is 5.75 Å². The average Bonchev–Trinajstić information content (AvgIpc) is 3.63. The Kier molecular flexibility index (Phi) is 6.41. The van der Waals surface area contributed by atoms with Crippen LogP contribution in [0.2, 0.25) is 10.0 Å². The Balaban J connectivity index is 1.13. The lowest BCUT2D eigenvalue weighted by atomic mass is 9.92. The zero-order valence-corrected chi connectivity index (χ0v) is 21.2. The molecule has 0 bridgehead atoms. The van der Waals surface area contributed by atoms with Crippen molar-refractivity contribution in [1.82, 2.24) is 5.16 Å². The highest BCUT2D eigenvalue weighted by atomic mass is 35.5. The highest BCUT2D eigenvalue weighted by Crippen LogP contribution is 2.47. The van der Waals surface area contributed by atoms with Crippen molar-refractivity contribution in [3.8, 4) is 17.0 Å². The number of aromatic carboxylic acids is 1. The molecule has 1 aromatic heterocycles. The summed E-state index contributed by atoms with van der Waals surface area (Å²) in [5, 5.41) is 14.6. The number of halogens is 2. The van der Waals surface area contributed by atoms with Crippen LogP contribution < -0.4 is 4.74 Å². The largest absolute Gasteiger partial charge is 0.489 e. The molecule has 1 saturated carbocycles. The molecule has 2 atom stereocenters. The van der Waals surface area contributed by atoms with E-state index in [2.05, 4.69) is 5.16 Å². The molecule has 0 amide bonds. The first kappa shape index (κ1) is 24.0. The Bertz CT molecular complexity index is 1440. The summed E-state index contributed by atoms with van der Waals surface area (Å²) in [5.74, 6) is 0.964. The summed E-state index contributed by atoms with van der Waals surface area (Å²) < 4.78 is 17.9. The maximum Gasteiger partial charge on any atom is 0.335 e. The van der Waals surface area contributed by atoms with Gasteiger partial charge in [0.25, 0.3) is 0 Å². The van der Waals surface area contributed by atoms with Crippen molar-refractivity contribution >= 4 is 29.2 Å². The van der Waals surface area contributed by atoms with Gasteiger partial charge in [-0.25, -0.2) is 4.79 Å². The average molecular weight is 536 g/mol. The van der Waals surface area contributed by atoms with Crippen LogP contribution in [0.1, 0.15) is 70.2 Å². The van der Waals surface area contributed by atoms with Crippen molar-refractivity contribution in [3.63, 3.8) is 0 Å². The fraction of sp³-hybridized carbons (Fsp3) is 0.241. The molecule has 2 heterocycles. The lowest BCUT2D eigenvalue weighted by Gasteiger charge is -2.36. The maximum absolute atomic E-state index is 11.2. The van der Waals surface area contributed by atoms with E-state index < -0.39 is 5.97 Å². The molecule has 188 valence electrons. The van der Waals surface area contributed by atoms with E-state index in [1.54, 1.807) is 36.4 Å². The molecule has 0 unspecified atom stereocenters. The summed E-state index contributed by atoms with van der Waals surface area (Å²) >= 11 is 12.9. The van der Waals surface area contributed by atoms with Crippen molar-refractivity contribution in [2.75, 3.05) is 0 Å². The fourth-order valence-corrected chi connectivity index (χ4v) is 5.24. The minimum atomic E-state index is -0.939. The Morgan fingerprint density at radius 3 is 2.32 bits per heavy atom. The molecule has 2 aliphatic rings. The molecule has 0 radical (unpaired) electrons. The number of hydrogen-bond acceptors (Lipinski definition) is 5. The van der Waals surface area contributed by atoms with Crippen LogP contribution in [0.3, 0.4) is 0 Å². The smallest absolute Gasteiger partial charge is 0.335 e. The molecule has 3 aromatic carbocycles. The highest BCUT2D eigenvalue weighted by Gasteiger charge is 2.34. The number of benzene rings is 3. The van der Waals surface area contributed by atoms with Gasteiger partial charge in [0, 0.05) is 17.9 Å². The Morgan fingerprint density at radius 2 is 1.65 bits per heavy atom. The normalized spacial score (nSPS) is 18.9. The minimum absolute atomic E-state index is 0.0407. The van der Waals surface area contributed by atoms with Gasteiger partial charge in [-0.2, -0.15) is 0 Å². The van der Waals surface area contributed by atoms with Crippen LogP contribution >= 0.6 is 23.2 Å². The summed E-state index contributed by atoms with van der Waals surface area (Å²) in [6.45, 7) is 0.285. The van der Waals surface area contributed by atoms with Gasteiger partial charge in [0.2, 0.25) is 0 Å². The third-order valence-corrected chi connectivity index (χ3v) is 7.49. The second-order valence-electron chi connectivity index (χ2n) is 9.38. The van der Waals surface area contributed by atoms with E-state index in [9.17, 15) is 9.90 Å². The van der Waals surface area contributed by atoms with E-state index in [4.69, 9.17) is 37.2 Å². The molecule has 2 fully saturated rings. The van der Waals surface area contributed by atoms with Crippen molar-refractivity contribution < 1.29 is 23.9 Å². The molecule has 37 heavy (non-hydrogen) atoms. The van der Waals surface area contributed by atoms with Crippen molar-refractivity contribution in [3.05, 3.63) is 105 Å². The second-order valence-corrected chi connectivity index (χ2v) is 10.2. The molecule has 6 rings (SSSR count). The minimum Gasteiger partial charge on any atom is -0.489 e. The molecular formula is C29H23Cl2NO5. The van der Waals surface area contributed by atoms with Gasteiger partial charge in [-0.15, -0.1) is 0 Å². The third kappa shape index (κ3) is 4.85. The van der Waals surface area contributed by atoms with Crippen molar-refractivity contribution in [1.29, 1.82) is 0 Å². The standard InChI is InChI=1S/C29H23Cl2NO5/c30-22-5-2-6-23(31)26(22)27-21(28(37-32-27)17-7-8-17)15-35-20-11-9-16(10-12-20)24-14-25(36-24)18-3-1-4-19(13-18)29(33)34/h1-6,9-13,17,24-25H,7-8,14-15H2,(H,33,34)/t24-,25+/m1/s1. The summed E-state index contributed by atoms with van der Waals surface area (Å²) in [6.07, 6.45) is 2.77. The first-order valence-electron chi connectivity index (χ1n) is 12.1. The quantitative estimate of drug-likeness (QED) is 0.246. The molecule has 6 nitrogen and oxygen atoms in total. The van der Waals surface area contributed by atoms with E-state index in [0.29, 0.717) is 33.0 Å². The van der Waals surface area contributed by atoms with E-state index in [0.717, 1.165) is 41.7 Å². The molecule has 1 N–H and O–H groups in total. The number of rotatable bonds is 8. The third-order valence-electron chi connectivity index (χ3n) is 6.86. The zero-order valence-electron chi connectivity index (χ0n) is 19.7. The Hall–Kier alpha value is -3.32. The molecular weight excluding hydrogens is 513 g/mol. The molecule has 1 saturated heterocycles. The van der Waals surface area contributed by atoms with Gasteiger partial charge >= 0.3 is 5.97 Å². The Labute approximate surface area is 223 Å². The number of hydrogen-bond donors (Lipinski definition) is 1. The number of aromatic nitrogens is 1. The van der Waals surface area contributed by atoms with Crippen LogP contribution in [0.15, 0.2) is 71.3 Å². The zero-order chi connectivity index (χ0) is 25.5. The van der Waals surface area contributed by atoms with E-state index in [-0.39, 0.29) is 24.4 Å². The maximum atomic E-state index is 11.2. The van der Waals surface area contributed by atoms with Gasteiger partial charge in [-0.05, 0) is 60.4 Å². The number of ether oxygens (including phenoxy) is 2. The highest BCUT2D eigenvalue weighted by molar-refractivity contribution is 6.39. The number of carboxylic acids is 1. The molecule has 1 aliphatic heterocycles. The van der Waals surface area contributed by atoms with Gasteiger partial charge in [-0.1, -0.05) is 58.7 Å². The first-order valence-corrected chi connectivity index (χ1v) is 12.9. The van der Waals surface area contributed by atoms with E-state index in [1.165, 1.54) is 0 Å². The second kappa shape index (κ2) is 9.86. The van der Waals surface area contributed by atoms with Gasteiger partial charge in [0.15, 0.2) is 0 Å². The predicted molar refractivity (Wildman–Crippen MR) is 139 cm³/mol. The van der Waals surface area contributed by atoms with Crippen LogP contribution in [0.4, 0.5) is 0 Å². The fourth-order valence-electron chi connectivity index (χ4n) is 4.67. The van der Waals surface area contributed by atoms with Gasteiger partial charge < -0.3 is 19.1 Å². The summed E-state index contributed by atoms with van der Waals surface area (Å²) in [5.41, 5.74) is 4.34. The monoisotopic (exact) mass is 535 g/mol. The summed E-state index contributed by atoms with van der Waals surface area (Å²) in [4.78, 5) is 11.2. The van der Waals surface area contributed by atoms with Crippen LogP contribution in [-0.4, -0.2) is 16.2 Å².